The molecular formula is C6H11N3O3S. The van der Waals surface area contributed by atoms with E-state index in [0.29, 0.717) is 0 Å². The largest absolute Gasteiger partial charge is 0.422 e. The third kappa shape index (κ3) is 2.25. The normalized spacial score (nSPS) is 14.4. The highest BCUT2D eigenvalue weighted by Gasteiger charge is 2.23. The van der Waals surface area contributed by atoms with Gasteiger partial charge in [0.05, 0.1) is 6.54 Å². The second-order valence-corrected chi connectivity index (χ2v) is 5.08. The predicted molar refractivity (Wildman–Crippen MR) is 45.4 cm³/mol. The lowest BCUT2D eigenvalue weighted by molar-refractivity contribution is 0.447. The quantitative estimate of drug-likeness (QED) is 0.723. The Hall–Kier alpha value is -0.950. The molecule has 0 saturated carbocycles. The van der Waals surface area contributed by atoms with Crippen molar-refractivity contribution in [3.8, 4) is 0 Å². The molecule has 0 fully saturated rings. The van der Waals surface area contributed by atoms with Gasteiger partial charge in [-0.2, -0.15) is 0 Å². The number of hydrogen-bond donors (Lipinski definition) is 1. The lowest BCUT2D eigenvalue weighted by Gasteiger charge is -2.01. The number of hydrogen-bond acceptors (Lipinski definition) is 6. The van der Waals surface area contributed by atoms with Crippen LogP contribution in [0, 0.1) is 0 Å². The molecule has 1 heterocycles. The van der Waals surface area contributed by atoms with Gasteiger partial charge in [0.15, 0.2) is 9.84 Å². The SMILES string of the molecule is CC(c1nnc(CN)o1)S(C)(=O)=O. The molecule has 0 saturated heterocycles. The van der Waals surface area contributed by atoms with Crippen molar-refractivity contribution in [3.63, 3.8) is 0 Å². The number of sulfone groups is 1. The zero-order valence-electron chi connectivity index (χ0n) is 7.39. The molecule has 0 spiro atoms. The van der Waals surface area contributed by atoms with E-state index in [4.69, 9.17) is 10.2 Å². The van der Waals surface area contributed by atoms with Crippen molar-refractivity contribution in [1.82, 2.24) is 10.2 Å². The third-order valence-corrected chi connectivity index (χ3v) is 3.13. The average molecular weight is 205 g/mol. The van der Waals surface area contributed by atoms with Crippen molar-refractivity contribution in [2.75, 3.05) is 6.26 Å². The third-order valence-electron chi connectivity index (χ3n) is 1.65. The highest BCUT2D eigenvalue weighted by molar-refractivity contribution is 7.90. The maximum absolute atomic E-state index is 11.1. The zero-order chi connectivity index (χ0) is 10.1. The molecule has 1 unspecified atom stereocenters. The molecule has 0 aromatic carbocycles. The Balaban J connectivity index is 2.96. The van der Waals surface area contributed by atoms with Crippen LogP contribution >= 0.6 is 0 Å². The molecule has 1 aromatic rings. The van der Waals surface area contributed by atoms with Crippen LogP contribution in [-0.4, -0.2) is 24.9 Å². The molecule has 2 N–H and O–H groups in total. The molecule has 13 heavy (non-hydrogen) atoms. The summed E-state index contributed by atoms with van der Waals surface area (Å²) < 4.78 is 27.1. The van der Waals surface area contributed by atoms with E-state index in [1.54, 1.807) is 0 Å². The molecule has 7 heteroatoms. The van der Waals surface area contributed by atoms with Crippen molar-refractivity contribution in [2.24, 2.45) is 5.73 Å². The summed E-state index contributed by atoms with van der Waals surface area (Å²) in [7, 11) is -3.19. The minimum Gasteiger partial charge on any atom is -0.422 e. The molecule has 1 aromatic heterocycles. The molecule has 0 amide bonds. The molecule has 1 atom stereocenters. The van der Waals surface area contributed by atoms with E-state index in [2.05, 4.69) is 10.2 Å². The maximum atomic E-state index is 11.1. The van der Waals surface area contributed by atoms with Gasteiger partial charge in [-0.3, -0.25) is 0 Å². The van der Waals surface area contributed by atoms with Crippen LogP contribution < -0.4 is 5.73 Å². The van der Waals surface area contributed by atoms with Crippen molar-refractivity contribution in [2.45, 2.75) is 18.7 Å². The highest BCUT2D eigenvalue weighted by atomic mass is 32.2. The number of nitrogens with zero attached hydrogens (tertiary/aromatic N) is 2. The van der Waals surface area contributed by atoms with Crippen LogP contribution in [0.15, 0.2) is 4.42 Å². The Morgan fingerprint density at radius 3 is 2.54 bits per heavy atom. The van der Waals surface area contributed by atoms with Crippen LogP contribution in [0.4, 0.5) is 0 Å². The van der Waals surface area contributed by atoms with Gasteiger partial charge in [-0.15, -0.1) is 10.2 Å². The minimum atomic E-state index is -3.19. The molecule has 0 aliphatic rings. The second kappa shape index (κ2) is 3.43. The minimum absolute atomic E-state index is 0.0861. The second-order valence-electron chi connectivity index (χ2n) is 2.71. The summed E-state index contributed by atoms with van der Waals surface area (Å²) in [6.07, 6.45) is 1.12. The maximum Gasteiger partial charge on any atom is 0.234 e. The summed E-state index contributed by atoms with van der Waals surface area (Å²) in [5.74, 6) is 0.327. The van der Waals surface area contributed by atoms with Gasteiger partial charge in [0.25, 0.3) is 0 Å². The van der Waals surface area contributed by atoms with Gasteiger partial charge in [0.2, 0.25) is 11.8 Å². The lowest BCUT2D eigenvalue weighted by Crippen LogP contribution is -2.07. The first kappa shape index (κ1) is 10.1. The molecule has 74 valence electrons. The van der Waals surface area contributed by atoms with Crippen LogP contribution in [-0.2, 0) is 16.4 Å². The molecular weight excluding hydrogens is 194 g/mol. The summed E-state index contributed by atoms with van der Waals surface area (Å²) in [6.45, 7) is 1.60. The Bertz CT molecular complexity index is 384. The summed E-state index contributed by atoms with van der Waals surface area (Å²) >= 11 is 0. The molecule has 1 rings (SSSR count). The fourth-order valence-electron chi connectivity index (χ4n) is 0.696. The van der Waals surface area contributed by atoms with E-state index >= 15 is 0 Å². The number of aromatic nitrogens is 2. The summed E-state index contributed by atoms with van der Waals surface area (Å²) in [5.41, 5.74) is 5.23. The Morgan fingerprint density at radius 1 is 1.54 bits per heavy atom. The van der Waals surface area contributed by atoms with Gasteiger partial charge in [0.1, 0.15) is 5.25 Å². The van der Waals surface area contributed by atoms with Crippen LogP contribution in [0.5, 0.6) is 0 Å². The van der Waals surface area contributed by atoms with E-state index in [-0.39, 0.29) is 18.3 Å². The van der Waals surface area contributed by atoms with Crippen molar-refractivity contribution < 1.29 is 12.8 Å². The van der Waals surface area contributed by atoms with Crippen molar-refractivity contribution in [1.29, 1.82) is 0 Å². The van der Waals surface area contributed by atoms with Crippen molar-refractivity contribution in [3.05, 3.63) is 11.8 Å². The van der Waals surface area contributed by atoms with E-state index < -0.39 is 15.1 Å². The van der Waals surface area contributed by atoms with E-state index in [9.17, 15) is 8.42 Å². The molecule has 0 radical (unpaired) electrons. The zero-order valence-corrected chi connectivity index (χ0v) is 8.21. The van der Waals surface area contributed by atoms with Gasteiger partial charge in [-0.1, -0.05) is 0 Å². The number of rotatable bonds is 3. The topological polar surface area (TPSA) is 99.1 Å². The van der Waals surface area contributed by atoms with Gasteiger partial charge < -0.3 is 10.2 Å². The lowest BCUT2D eigenvalue weighted by atomic mass is 10.5. The Kier molecular flexibility index (Phi) is 2.67. The monoisotopic (exact) mass is 205 g/mol. The Morgan fingerprint density at radius 2 is 2.15 bits per heavy atom. The van der Waals surface area contributed by atoms with E-state index in [0.717, 1.165) is 6.26 Å². The molecule has 0 aliphatic carbocycles. The smallest absolute Gasteiger partial charge is 0.234 e. The van der Waals surface area contributed by atoms with Gasteiger partial charge in [-0.25, -0.2) is 8.42 Å². The first-order valence-corrected chi connectivity index (χ1v) is 5.62. The molecule has 6 nitrogen and oxygen atoms in total. The fourth-order valence-corrected chi connectivity index (χ4v) is 1.16. The van der Waals surface area contributed by atoms with Crippen LogP contribution in [0.2, 0.25) is 0 Å². The fraction of sp³-hybridized carbons (Fsp3) is 0.667. The first-order valence-electron chi connectivity index (χ1n) is 3.66. The first-order chi connectivity index (χ1) is 5.95. The van der Waals surface area contributed by atoms with Crippen LogP contribution in [0.25, 0.3) is 0 Å². The van der Waals surface area contributed by atoms with Crippen molar-refractivity contribution >= 4 is 9.84 Å². The summed E-state index contributed by atoms with van der Waals surface area (Å²) in [4.78, 5) is 0. The van der Waals surface area contributed by atoms with Gasteiger partial charge in [-0.05, 0) is 6.92 Å². The van der Waals surface area contributed by atoms with Gasteiger partial charge in [0, 0.05) is 6.26 Å². The van der Waals surface area contributed by atoms with Gasteiger partial charge >= 0.3 is 0 Å². The standard InChI is InChI=1S/C6H11N3O3S/c1-4(13(2,10)11)6-9-8-5(3-7)12-6/h4H,3,7H2,1-2H3. The summed E-state index contributed by atoms with van der Waals surface area (Å²) in [5, 5.41) is 6.36. The highest BCUT2D eigenvalue weighted by Crippen LogP contribution is 2.18. The predicted octanol–water partition coefficient (Wildman–Crippen LogP) is -0.366. The summed E-state index contributed by atoms with van der Waals surface area (Å²) in [6, 6.07) is 0. The number of nitrogens with two attached hydrogens (primary N) is 1. The Labute approximate surface area is 76.1 Å². The molecule has 0 aliphatic heterocycles. The van der Waals surface area contributed by atoms with Crippen LogP contribution in [0.1, 0.15) is 24.0 Å². The average Bonchev–Trinajstić information content (AvgIpc) is 2.48. The van der Waals surface area contributed by atoms with E-state index in [1.165, 1.54) is 6.92 Å². The molecule has 0 bridgehead atoms. The van der Waals surface area contributed by atoms with Crippen LogP contribution in [0.3, 0.4) is 0 Å². The van der Waals surface area contributed by atoms with E-state index in [1.807, 2.05) is 0 Å².